The number of hydrogen-bond donors (Lipinski definition) is 4. The third kappa shape index (κ3) is 5.67. The third-order valence-electron chi connectivity index (χ3n) is 12.1. The van der Waals surface area contributed by atoms with Gasteiger partial charge in [0, 0.05) is 59.8 Å². The standard InChI is InChI=1S/C33H50N4O6S/c1-6-31(4)14-26(32(5)19(2)7-10-33(20(3)29(31)41)11-8-23(38)28(32)33)43-27(40)17-44-25-9-12-37(16-24(25)39)30(42)22(34)13-21-15-35-18-36-21/h6,15,18-20,22,24-26,28-29,39,41H,1,7-14,16-17,34H2,2-5H3,(H,35,36)/t19?,20-,22?,24?,25?,26+,28?,29?,31+,32-,33?/m0/s1. The zero-order chi connectivity index (χ0) is 32.0. The zero-order valence-electron chi connectivity index (χ0n) is 26.5. The van der Waals surface area contributed by atoms with Crippen molar-refractivity contribution in [2.75, 3.05) is 18.8 Å². The van der Waals surface area contributed by atoms with Crippen molar-refractivity contribution in [2.24, 2.45) is 39.7 Å². The van der Waals surface area contributed by atoms with Crippen molar-refractivity contribution in [1.29, 1.82) is 0 Å². The summed E-state index contributed by atoms with van der Waals surface area (Å²) in [4.78, 5) is 48.5. The van der Waals surface area contributed by atoms with Crippen LogP contribution in [-0.4, -0.2) is 91.2 Å². The number of rotatable bonds is 8. The topological polar surface area (TPSA) is 159 Å². The van der Waals surface area contributed by atoms with Crippen LogP contribution in [0.15, 0.2) is 25.2 Å². The summed E-state index contributed by atoms with van der Waals surface area (Å²) in [5, 5.41) is 22.4. The van der Waals surface area contributed by atoms with Gasteiger partial charge in [0.15, 0.2) is 0 Å². The van der Waals surface area contributed by atoms with E-state index in [-0.39, 0.29) is 52.4 Å². The van der Waals surface area contributed by atoms with Gasteiger partial charge in [0.05, 0.1) is 30.3 Å². The first kappa shape index (κ1) is 33.2. The molecular formula is C33H50N4O6S. The van der Waals surface area contributed by atoms with Crippen molar-refractivity contribution >= 4 is 29.4 Å². The number of carbonyl (C=O) groups is 3. The van der Waals surface area contributed by atoms with Crippen LogP contribution < -0.4 is 5.73 Å². The lowest BCUT2D eigenvalue weighted by atomic mass is 9.44. The zero-order valence-corrected chi connectivity index (χ0v) is 27.4. The molecule has 0 radical (unpaired) electrons. The van der Waals surface area contributed by atoms with E-state index >= 15 is 0 Å². The SMILES string of the molecule is C=C[C@]1(C)C[C@@H](OC(=O)CSC2CCN(C(=O)C(N)Cc3cnc[nH]3)CC2O)[C@]2(C)C(C)CCC3(CCC(=O)C32)[C@@H](C)C1O. The van der Waals surface area contributed by atoms with Crippen LogP contribution in [0.2, 0.25) is 0 Å². The molecule has 4 fully saturated rings. The van der Waals surface area contributed by atoms with E-state index in [4.69, 9.17) is 10.5 Å². The fourth-order valence-electron chi connectivity index (χ4n) is 9.13. The molecule has 1 saturated heterocycles. The molecular weight excluding hydrogens is 580 g/mol. The van der Waals surface area contributed by atoms with Crippen molar-refractivity contribution in [3.8, 4) is 0 Å². The van der Waals surface area contributed by atoms with Gasteiger partial charge in [-0.1, -0.05) is 33.8 Å². The summed E-state index contributed by atoms with van der Waals surface area (Å²) in [6, 6.07) is -0.734. The first-order valence-electron chi connectivity index (χ1n) is 16.1. The quantitative estimate of drug-likeness (QED) is 0.250. The molecule has 11 heteroatoms. The number of piperidine rings is 1. The van der Waals surface area contributed by atoms with Crippen LogP contribution in [0, 0.1) is 34.0 Å². The van der Waals surface area contributed by atoms with Gasteiger partial charge >= 0.3 is 5.97 Å². The number of H-pyrrole nitrogens is 1. The molecule has 3 saturated carbocycles. The van der Waals surface area contributed by atoms with Gasteiger partial charge in [-0.15, -0.1) is 18.3 Å². The molecule has 1 aliphatic heterocycles. The molecule has 0 spiro atoms. The van der Waals surface area contributed by atoms with E-state index in [2.05, 4.69) is 37.3 Å². The van der Waals surface area contributed by atoms with Gasteiger partial charge in [-0.3, -0.25) is 14.4 Å². The van der Waals surface area contributed by atoms with Gasteiger partial charge in [0.1, 0.15) is 11.9 Å². The number of likely N-dealkylation sites (tertiary alicyclic amines) is 1. The number of aliphatic hydroxyl groups is 2. The molecule has 5 rings (SSSR count). The van der Waals surface area contributed by atoms with Crippen LogP contribution in [0.3, 0.4) is 0 Å². The highest BCUT2D eigenvalue weighted by molar-refractivity contribution is 8.00. The number of ketones is 1. The molecule has 4 aliphatic rings. The minimum Gasteiger partial charge on any atom is -0.461 e. The smallest absolute Gasteiger partial charge is 0.316 e. The molecule has 10 nitrogen and oxygen atoms in total. The van der Waals surface area contributed by atoms with Crippen molar-refractivity contribution in [1.82, 2.24) is 14.9 Å². The number of nitrogens with zero attached hydrogens (tertiary/aromatic N) is 2. The average Bonchev–Trinajstić information content (AvgIpc) is 3.64. The van der Waals surface area contributed by atoms with Crippen molar-refractivity contribution in [3.63, 3.8) is 0 Å². The van der Waals surface area contributed by atoms with Gasteiger partial charge < -0.3 is 30.6 Å². The number of nitrogens with two attached hydrogens (primary N) is 1. The Morgan fingerprint density at radius 1 is 1.30 bits per heavy atom. The highest BCUT2D eigenvalue weighted by atomic mass is 32.2. The predicted molar refractivity (Wildman–Crippen MR) is 168 cm³/mol. The molecule has 1 aromatic rings. The largest absolute Gasteiger partial charge is 0.461 e. The molecule has 2 heterocycles. The van der Waals surface area contributed by atoms with E-state index in [0.29, 0.717) is 32.2 Å². The average molecular weight is 631 g/mol. The Hall–Kier alpha value is -2.21. The maximum atomic E-state index is 13.6. The first-order chi connectivity index (χ1) is 20.8. The summed E-state index contributed by atoms with van der Waals surface area (Å²) in [5.74, 6) is -0.537. The van der Waals surface area contributed by atoms with Gasteiger partial charge in [-0.2, -0.15) is 0 Å². The van der Waals surface area contributed by atoms with E-state index in [0.717, 1.165) is 25.0 Å². The molecule has 44 heavy (non-hydrogen) atoms. The molecule has 7 unspecified atom stereocenters. The first-order valence-corrected chi connectivity index (χ1v) is 17.2. The van der Waals surface area contributed by atoms with Gasteiger partial charge in [-0.05, 0) is 49.4 Å². The second-order valence-electron chi connectivity index (χ2n) is 14.4. The number of carbonyl (C=O) groups excluding carboxylic acids is 3. The third-order valence-corrected chi connectivity index (χ3v) is 13.5. The fourth-order valence-corrected chi connectivity index (χ4v) is 10.1. The summed E-state index contributed by atoms with van der Waals surface area (Å²) >= 11 is 1.34. The van der Waals surface area contributed by atoms with Crippen molar-refractivity contribution < 1.29 is 29.3 Å². The molecule has 0 aromatic carbocycles. The summed E-state index contributed by atoms with van der Waals surface area (Å²) < 4.78 is 6.35. The minimum atomic E-state index is -0.806. The number of hydrogen-bond acceptors (Lipinski definition) is 9. The lowest BCUT2D eigenvalue weighted by molar-refractivity contribution is -0.205. The van der Waals surface area contributed by atoms with Crippen molar-refractivity contribution in [2.45, 2.75) is 102 Å². The number of thioether (sulfide) groups is 1. The Labute approximate surface area is 265 Å². The number of Topliss-reactive ketones (excluding diaryl/α,β-unsaturated/α-hetero) is 1. The fraction of sp³-hybridized carbons (Fsp3) is 0.758. The normalized spacial score (nSPS) is 41.3. The van der Waals surface area contributed by atoms with Crippen LogP contribution in [0.1, 0.15) is 71.9 Å². The number of amides is 1. The van der Waals surface area contributed by atoms with Crippen LogP contribution >= 0.6 is 11.8 Å². The Morgan fingerprint density at radius 2 is 2.05 bits per heavy atom. The second kappa shape index (κ2) is 12.5. The number of aliphatic hydroxyl groups excluding tert-OH is 2. The molecule has 2 bridgehead atoms. The number of nitrogens with one attached hydrogen (secondary N) is 1. The highest BCUT2D eigenvalue weighted by Crippen LogP contribution is 2.68. The van der Waals surface area contributed by atoms with Crippen LogP contribution in [-0.2, 0) is 25.5 Å². The summed E-state index contributed by atoms with van der Waals surface area (Å²) in [6.07, 6.45) is 7.20. The van der Waals surface area contributed by atoms with E-state index < -0.39 is 41.2 Å². The molecule has 244 valence electrons. The molecule has 3 aliphatic carbocycles. The Kier molecular flexibility index (Phi) is 9.44. The Bertz CT molecular complexity index is 1240. The number of aromatic amines is 1. The Balaban J connectivity index is 1.25. The number of imidazole rings is 1. The van der Waals surface area contributed by atoms with Crippen molar-refractivity contribution in [3.05, 3.63) is 30.9 Å². The predicted octanol–water partition coefficient (Wildman–Crippen LogP) is 2.88. The lowest BCUT2D eigenvalue weighted by Gasteiger charge is -2.61. The Morgan fingerprint density at radius 3 is 2.70 bits per heavy atom. The van der Waals surface area contributed by atoms with E-state index in [9.17, 15) is 24.6 Å². The maximum absolute atomic E-state index is 13.6. The summed E-state index contributed by atoms with van der Waals surface area (Å²) in [7, 11) is 0. The van der Waals surface area contributed by atoms with E-state index in [1.54, 1.807) is 23.5 Å². The number of ether oxygens (including phenoxy) is 1. The summed E-state index contributed by atoms with van der Waals surface area (Å²) in [5.41, 5.74) is 5.34. The van der Waals surface area contributed by atoms with Gasteiger partial charge in [0.25, 0.3) is 0 Å². The monoisotopic (exact) mass is 630 g/mol. The lowest BCUT2D eigenvalue weighted by Crippen LogP contribution is -2.63. The maximum Gasteiger partial charge on any atom is 0.316 e. The molecule has 1 aromatic heterocycles. The minimum absolute atomic E-state index is 0.0451. The second-order valence-corrected chi connectivity index (χ2v) is 15.7. The molecule has 1 amide bonds. The van der Waals surface area contributed by atoms with Crippen LogP contribution in [0.25, 0.3) is 0 Å². The summed E-state index contributed by atoms with van der Waals surface area (Å²) in [6.45, 7) is 13.1. The van der Waals surface area contributed by atoms with E-state index in [1.807, 2.05) is 6.92 Å². The molecule has 11 atom stereocenters. The number of esters is 1. The number of β-amino-alcohol motifs (C(OH)–C–C–N with tert-alkyl or cyclic N) is 1. The van der Waals surface area contributed by atoms with Gasteiger partial charge in [0.2, 0.25) is 5.91 Å². The van der Waals surface area contributed by atoms with Crippen LogP contribution in [0.4, 0.5) is 0 Å². The van der Waals surface area contributed by atoms with Crippen LogP contribution in [0.5, 0.6) is 0 Å². The molecule has 5 N–H and O–H groups in total. The van der Waals surface area contributed by atoms with E-state index in [1.165, 1.54) is 11.8 Å². The van der Waals surface area contributed by atoms with Gasteiger partial charge in [-0.25, -0.2) is 4.98 Å². The highest BCUT2D eigenvalue weighted by Gasteiger charge is 2.68. The number of aromatic nitrogens is 2.